The minimum Gasteiger partial charge on any atom is -0.373 e. The summed E-state index contributed by atoms with van der Waals surface area (Å²) in [5, 5.41) is 4.10. The van der Waals surface area contributed by atoms with Crippen molar-refractivity contribution in [2.24, 2.45) is 11.7 Å². The molecule has 0 bridgehead atoms. The van der Waals surface area contributed by atoms with Crippen LogP contribution in [0.2, 0.25) is 0 Å². The fourth-order valence-electron chi connectivity index (χ4n) is 3.55. The summed E-state index contributed by atoms with van der Waals surface area (Å²) in [5.74, 6) is 0.128. The summed E-state index contributed by atoms with van der Waals surface area (Å²) in [4.78, 5) is 18.7. The van der Waals surface area contributed by atoms with E-state index < -0.39 is 0 Å². The maximum Gasteiger partial charge on any atom is 0.227 e. The Balaban J connectivity index is 1.62. The van der Waals surface area contributed by atoms with Gasteiger partial charge in [0.25, 0.3) is 0 Å². The monoisotopic (exact) mass is 307 g/mol. The highest BCUT2D eigenvalue weighted by Crippen LogP contribution is 2.33. The van der Waals surface area contributed by atoms with Crippen molar-refractivity contribution in [2.75, 3.05) is 19.7 Å². The number of hydrogen-bond acceptors (Lipinski definition) is 5. The SMILES string of the molecule is CC1(N)CCCCC1C(=O)N1CCOC(Cn2cncn2)C1. The number of aromatic nitrogens is 3. The van der Waals surface area contributed by atoms with Crippen LogP contribution in [-0.2, 0) is 16.1 Å². The fourth-order valence-corrected chi connectivity index (χ4v) is 3.55. The van der Waals surface area contributed by atoms with Crippen LogP contribution in [0.4, 0.5) is 0 Å². The zero-order valence-corrected chi connectivity index (χ0v) is 13.1. The first-order valence-electron chi connectivity index (χ1n) is 8.08. The lowest BCUT2D eigenvalue weighted by atomic mass is 9.74. The van der Waals surface area contributed by atoms with Crippen molar-refractivity contribution in [1.29, 1.82) is 0 Å². The molecule has 0 radical (unpaired) electrons. The van der Waals surface area contributed by atoms with E-state index in [0.717, 1.165) is 25.7 Å². The first-order valence-corrected chi connectivity index (χ1v) is 8.08. The van der Waals surface area contributed by atoms with Gasteiger partial charge in [-0.1, -0.05) is 12.8 Å². The average molecular weight is 307 g/mol. The van der Waals surface area contributed by atoms with Crippen LogP contribution in [0, 0.1) is 5.92 Å². The van der Waals surface area contributed by atoms with E-state index in [1.54, 1.807) is 11.0 Å². The van der Waals surface area contributed by atoms with Crippen molar-refractivity contribution in [3.8, 4) is 0 Å². The van der Waals surface area contributed by atoms with Gasteiger partial charge < -0.3 is 15.4 Å². The molecule has 1 saturated carbocycles. The minimum absolute atomic E-state index is 0.0352. The van der Waals surface area contributed by atoms with E-state index >= 15 is 0 Å². The van der Waals surface area contributed by atoms with Crippen LogP contribution in [-0.4, -0.2) is 56.9 Å². The molecule has 1 aliphatic heterocycles. The van der Waals surface area contributed by atoms with Crippen LogP contribution < -0.4 is 5.73 Å². The molecule has 3 unspecified atom stereocenters. The van der Waals surface area contributed by atoms with Gasteiger partial charge in [-0.25, -0.2) is 4.98 Å². The van der Waals surface area contributed by atoms with Gasteiger partial charge >= 0.3 is 0 Å². The number of nitrogens with zero attached hydrogens (tertiary/aromatic N) is 4. The van der Waals surface area contributed by atoms with E-state index in [1.807, 2.05) is 11.8 Å². The van der Waals surface area contributed by atoms with Crippen molar-refractivity contribution >= 4 is 5.91 Å². The fraction of sp³-hybridized carbons (Fsp3) is 0.800. The van der Waals surface area contributed by atoms with Gasteiger partial charge in [-0.2, -0.15) is 5.10 Å². The summed E-state index contributed by atoms with van der Waals surface area (Å²) in [5.41, 5.74) is 5.99. The van der Waals surface area contributed by atoms with E-state index in [1.165, 1.54) is 6.33 Å². The molecule has 7 nitrogen and oxygen atoms in total. The molecule has 1 aromatic heterocycles. The number of ether oxygens (including phenoxy) is 1. The summed E-state index contributed by atoms with van der Waals surface area (Å²) in [7, 11) is 0. The van der Waals surface area contributed by atoms with Crippen LogP contribution in [0.3, 0.4) is 0 Å². The Kier molecular flexibility index (Phi) is 4.44. The molecule has 22 heavy (non-hydrogen) atoms. The zero-order chi connectivity index (χ0) is 15.6. The van der Waals surface area contributed by atoms with Crippen LogP contribution in [0.25, 0.3) is 0 Å². The van der Waals surface area contributed by atoms with Crippen LogP contribution >= 0.6 is 0 Å². The molecule has 3 rings (SSSR count). The lowest BCUT2D eigenvalue weighted by Crippen LogP contribution is -2.56. The van der Waals surface area contributed by atoms with Crippen LogP contribution in [0.5, 0.6) is 0 Å². The van der Waals surface area contributed by atoms with Crippen molar-refractivity contribution in [3.63, 3.8) is 0 Å². The lowest BCUT2D eigenvalue weighted by Gasteiger charge is -2.42. The van der Waals surface area contributed by atoms with Gasteiger partial charge in [-0.15, -0.1) is 0 Å². The lowest BCUT2D eigenvalue weighted by molar-refractivity contribution is -0.147. The molecule has 7 heteroatoms. The predicted octanol–water partition coefficient (Wildman–Crippen LogP) is 0.413. The molecular formula is C15H25N5O2. The van der Waals surface area contributed by atoms with E-state index in [-0.39, 0.29) is 23.5 Å². The standard InChI is InChI=1S/C15H25N5O2/c1-15(16)5-3-2-4-13(15)14(21)19-6-7-22-12(8-19)9-20-11-17-10-18-20/h10-13H,2-9,16H2,1H3. The number of rotatable bonds is 3. The van der Waals surface area contributed by atoms with Crippen molar-refractivity contribution in [3.05, 3.63) is 12.7 Å². The van der Waals surface area contributed by atoms with E-state index in [0.29, 0.717) is 26.2 Å². The molecular weight excluding hydrogens is 282 g/mol. The number of carbonyl (C=O) groups is 1. The zero-order valence-electron chi connectivity index (χ0n) is 13.1. The Morgan fingerprint density at radius 1 is 1.50 bits per heavy atom. The normalized spacial score (nSPS) is 32.9. The predicted molar refractivity (Wildman–Crippen MR) is 80.9 cm³/mol. The molecule has 2 aliphatic rings. The number of morpholine rings is 1. The Labute approximate surface area is 130 Å². The highest BCUT2D eigenvalue weighted by Gasteiger charge is 2.40. The molecule has 2 N–H and O–H groups in total. The average Bonchev–Trinajstić information content (AvgIpc) is 2.99. The first-order chi connectivity index (χ1) is 10.6. The molecule has 2 heterocycles. The Morgan fingerprint density at radius 3 is 3.09 bits per heavy atom. The molecule has 3 atom stereocenters. The summed E-state index contributed by atoms with van der Waals surface area (Å²) >= 11 is 0. The number of amides is 1. The summed E-state index contributed by atoms with van der Waals surface area (Å²) < 4.78 is 7.50. The first kappa shape index (κ1) is 15.4. The molecule has 0 spiro atoms. The van der Waals surface area contributed by atoms with Gasteiger partial charge in [-0.05, 0) is 19.8 Å². The van der Waals surface area contributed by atoms with E-state index in [2.05, 4.69) is 10.1 Å². The maximum absolute atomic E-state index is 12.9. The second-order valence-electron chi connectivity index (χ2n) is 6.70. The third-order valence-electron chi connectivity index (χ3n) is 4.86. The highest BCUT2D eigenvalue weighted by atomic mass is 16.5. The Bertz CT molecular complexity index is 502. The summed E-state index contributed by atoms with van der Waals surface area (Å²) in [6, 6.07) is 0. The van der Waals surface area contributed by atoms with Crippen molar-refractivity contribution < 1.29 is 9.53 Å². The molecule has 2 fully saturated rings. The van der Waals surface area contributed by atoms with Gasteiger partial charge in [0, 0.05) is 18.6 Å². The van der Waals surface area contributed by atoms with Crippen LogP contribution in [0.15, 0.2) is 12.7 Å². The van der Waals surface area contributed by atoms with Gasteiger partial charge in [0.1, 0.15) is 12.7 Å². The van der Waals surface area contributed by atoms with Gasteiger partial charge in [0.05, 0.1) is 25.2 Å². The largest absolute Gasteiger partial charge is 0.373 e. The minimum atomic E-state index is -0.380. The third kappa shape index (κ3) is 3.30. The maximum atomic E-state index is 12.9. The number of hydrogen-bond donors (Lipinski definition) is 1. The van der Waals surface area contributed by atoms with Gasteiger partial charge in [0.2, 0.25) is 5.91 Å². The van der Waals surface area contributed by atoms with Crippen molar-refractivity contribution in [2.45, 2.75) is 50.8 Å². The molecule has 1 saturated heterocycles. The van der Waals surface area contributed by atoms with Gasteiger partial charge in [-0.3, -0.25) is 9.48 Å². The molecule has 1 aromatic rings. The Hall–Kier alpha value is -1.47. The summed E-state index contributed by atoms with van der Waals surface area (Å²) in [6.07, 6.45) is 7.18. The Morgan fingerprint density at radius 2 is 2.36 bits per heavy atom. The summed E-state index contributed by atoms with van der Waals surface area (Å²) in [6.45, 7) is 4.46. The molecule has 1 amide bonds. The van der Waals surface area contributed by atoms with Crippen molar-refractivity contribution in [1.82, 2.24) is 19.7 Å². The second-order valence-corrected chi connectivity index (χ2v) is 6.70. The second kappa shape index (κ2) is 6.34. The highest BCUT2D eigenvalue weighted by molar-refractivity contribution is 5.80. The van der Waals surface area contributed by atoms with E-state index in [4.69, 9.17) is 10.5 Å². The third-order valence-corrected chi connectivity index (χ3v) is 4.86. The molecule has 122 valence electrons. The topological polar surface area (TPSA) is 86.3 Å². The molecule has 0 aromatic carbocycles. The van der Waals surface area contributed by atoms with E-state index in [9.17, 15) is 4.79 Å². The quantitative estimate of drug-likeness (QED) is 0.874. The number of carbonyl (C=O) groups excluding carboxylic acids is 1. The van der Waals surface area contributed by atoms with Crippen LogP contribution in [0.1, 0.15) is 32.6 Å². The van der Waals surface area contributed by atoms with Gasteiger partial charge in [0.15, 0.2) is 0 Å². The number of nitrogens with two attached hydrogens (primary N) is 1. The smallest absolute Gasteiger partial charge is 0.227 e. The molecule has 1 aliphatic carbocycles.